The Morgan fingerprint density at radius 2 is 2.04 bits per heavy atom. The van der Waals surface area contributed by atoms with Crippen LogP contribution in [0.1, 0.15) is 21.6 Å². The second kappa shape index (κ2) is 7.70. The number of carbonyl (C=O) groups is 1. The molecule has 134 valence electrons. The highest BCUT2D eigenvalue weighted by atomic mass is 35.5. The van der Waals surface area contributed by atoms with E-state index < -0.39 is 0 Å². The summed E-state index contributed by atoms with van der Waals surface area (Å²) in [5, 5.41) is 7.81. The first-order chi connectivity index (χ1) is 12.4. The first kappa shape index (κ1) is 18.1. The van der Waals surface area contributed by atoms with E-state index in [-0.39, 0.29) is 11.7 Å². The zero-order chi connectivity index (χ0) is 18.7. The highest BCUT2D eigenvalue weighted by Gasteiger charge is 2.14. The summed E-state index contributed by atoms with van der Waals surface area (Å²) in [6.45, 7) is 2.19. The van der Waals surface area contributed by atoms with E-state index in [1.165, 1.54) is 6.07 Å². The van der Waals surface area contributed by atoms with Gasteiger partial charge in [-0.15, -0.1) is 0 Å². The third kappa shape index (κ3) is 4.11. The second-order valence-corrected chi connectivity index (χ2v) is 6.57. The van der Waals surface area contributed by atoms with Crippen LogP contribution in [0.5, 0.6) is 0 Å². The van der Waals surface area contributed by atoms with Crippen molar-refractivity contribution >= 4 is 17.5 Å². The molecule has 0 aliphatic rings. The lowest BCUT2D eigenvalue weighted by atomic mass is 10.1. The fourth-order valence-corrected chi connectivity index (χ4v) is 2.97. The van der Waals surface area contributed by atoms with Gasteiger partial charge >= 0.3 is 0 Å². The average Bonchev–Trinajstić information content (AvgIpc) is 2.99. The fourth-order valence-electron chi connectivity index (χ4n) is 2.76. The van der Waals surface area contributed by atoms with Crippen LogP contribution < -0.4 is 5.32 Å². The summed E-state index contributed by atoms with van der Waals surface area (Å²) in [5.41, 5.74) is 3.51. The van der Waals surface area contributed by atoms with Crippen LogP contribution in [0, 0.1) is 12.7 Å². The highest BCUT2D eigenvalue weighted by Crippen LogP contribution is 2.22. The van der Waals surface area contributed by atoms with Crippen LogP contribution >= 0.6 is 11.6 Å². The molecule has 2 aromatic carbocycles. The lowest BCUT2D eigenvalue weighted by molar-refractivity contribution is 0.0948. The van der Waals surface area contributed by atoms with Gasteiger partial charge in [0.15, 0.2) is 5.69 Å². The number of nitrogens with one attached hydrogen (secondary N) is 1. The number of benzene rings is 2. The third-order valence-electron chi connectivity index (χ3n) is 4.15. The highest BCUT2D eigenvalue weighted by molar-refractivity contribution is 6.30. The molecule has 0 saturated heterocycles. The van der Waals surface area contributed by atoms with Crippen molar-refractivity contribution in [3.05, 3.63) is 76.2 Å². The molecule has 0 fully saturated rings. The van der Waals surface area contributed by atoms with Crippen molar-refractivity contribution in [1.82, 2.24) is 15.1 Å². The van der Waals surface area contributed by atoms with Crippen molar-refractivity contribution in [2.75, 3.05) is 6.54 Å². The van der Waals surface area contributed by atoms with E-state index in [0.29, 0.717) is 29.2 Å². The van der Waals surface area contributed by atoms with E-state index in [0.717, 1.165) is 16.8 Å². The summed E-state index contributed by atoms with van der Waals surface area (Å²) in [5.74, 6) is -0.498. The summed E-state index contributed by atoms with van der Waals surface area (Å²) < 4.78 is 15.1. The molecule has 0 radical (unpaired) electrons. The molecule has 3 rings (SSSR count). The summed E-state index contributed by atoms with van der Waals surface area (Å²) in [7, 11) is 1.76. The van der Waals surface area contributed by atoms with Crippen LogP contribution in [0.3, 0.4) is 0 Å². The molecule has 0 atom stereocenters. The van der Waals surface area contributed by atoms with Crippen LogP contribution in [0.4, 0.5) is 4.39 Å². The fraction of sp³-hybridized carbons (Fsp3) is 0.200. The molecule has 1 N–H and O–H groups in total. The number of nitrogens with zero attached hydrogens (tertiary/aromatic N) is 2. The summed E-state index contributed by atoms with van der Waals surface area (Å²) in [4.78, 5) is 12.3. The normalized spacial score (nSPS) is 10.8. The van der Waals surface area contributed by atoms with Gasteiger partial charge < -0.3 is 5.32 Å². The predicted octanol–water partition coefficient (Wildman–Crippen LogP) is 4.16. The van der Waals surface area contributed by atoms with Crippen LogP contribution in [-0.2, 0) is 13.5 Å². The van der Waals surface area contributed by atoms with E-state index in [1.807, 2.05) is 24.3 Å². The van der Waals surface area contributed by atoms with Crippen molar-refractivity contribution in [1.29, 1.82) is 0 Å². The van der Waals surface area contributed by atoms with Crippen molar-refractivity contribution in [3.63, 3.8) is 0 Å². The Morgan fingerprint density at radius 3 is 2.77 bits per heavy atom. The largest absolute Gasteiger partial charge is 0.350 e. The first-order valence-electron chi connectivity index (χ1n) is 8.27. The number of hydrogen-bond acceptors (Lipinski definition) is 2. The number of carbonyl (C=O) groups excluding carboxylic acids is 1. The number of rotatable bonds is 5. The zero-order valence-corrected chi connectivity index (χ0v) is 15.3. The Balaban J connectivity index is 1.67. The third-order valence-corrected chi connectivity index (χ3v) is 4.39. The van der Waals surface area contributed by atoms with Gasteiger partial charge in [0.2, 0.25) is 0 Å². The molecule has 0 aliphatic carbocycles. The average molecular weight is 372 g/mol. The number of aromatic nitrogens is 2. The van der Waals surface area contributed by atoms with E-state index in [4.69, 9.17) is 11.6 Å². The molecular weight excluding hydrogens is 353 g/mol. The van der Waals surface area contributed by atoms with Gasteiger partial charge in [-0.1, -0.05) is 23.7 Å². The van der Waals surface area contributed by atoms with Crippen molar-refractivity contribution in [2.24, 2.45) is 7.05 Å². The SMILES string of the molecule is Cc1cc(-c2cc(C(=O)NCCc3cccc(Cl)c3)nn2C)ccc1F. The van der Waals surface area contributed by atoms with Gasteiger partial charge in [-0.2, -0.15) is 5.10 Å². The Bertz CT molecular complexity index is 952. The minimum atomic E-state index is -0.255. The lowest BCUT2D eigenvalue weighted by Gasteiger charge is -2.04. The van der Waals surface area contributed by atoms with E-state index in [9.17, 15) is 9.18 Å². The topological polar surface area (TPSA) is 46.9 Å². The molecule has 0 bridgehead atoms. The van der Waals surface area contributed by atoms with Crippen molar-refractivity contribution in [3.8, 4) is 11.3 Å². The summed E-state index contributed by atoms with van der Waals surface area (Å²) >= 11 is 5.96. The maximum atomic E-state index is 13.5. The molecule has 4 nitrogen and oxygen atoms in total. The Hall–Kier alpha value is -2.66. The van der Waals surface area contributed by atoms with Gasteiger partial charge in [-0.25, -0.2) is 4.39 Å². The van der Waals surface area contributed by atoms with E-state index in [2.05, 4.69) is 10.4 Å². The molecule has 6 heteroatoms. The zero-order valence-electron chi connectivity index (χ0n) is 14.6. The molecule has 1 heterocycles. The van der Waals surface area contributed by atoms with E-state index >= 15 is 0 Å². The van der Waals surface area contributed by atoms with Gasteiger partial charge in [-0.3, -0.25) is 9.48 Å². The molecule has 1 amide bonds. The second-order valence-electron chi connectivity index (χ2n) is 6.14. The summed E-state index contributed by atoms with van der Waals surface area (Å²) in [6, 6.07) is 14.1. The van der Waals surface area contributed by atoms with Crippen LogP contribution in [0.2, 0.25) is 5.02 Å². The molecule has 3 aromatic rings. The molecule has 0 saturated carbocycles. The van der Waals surface area contributed by atoms with Gasteiger partial charge in [0, 0.05) is 24.2 Å². The van der Waals surface area contributed by atoms with Crippen molar-refractivity contribution < 1.29 is 9.18 Å². The van der Waals surface area contributed by atoms with Crippen LogP contribution in [0.15, 0.2) is 48.5 Å². The lowest BCUT2D eigenvalue weighted by Crippen LogP contribution is -2.26. The van der Waals surface area contributed by atoms with Gasteiger partial charge in [0.1, 0.15) is 5.82 Å². The molecule has 1 aromatic heterocycles. The molecule has 26 heavy (non-hydrogen) atoms. The quantitative estimate of drug-likeness (QED) is 0.732. The maximum absolute atomic E-state index is 13.5. The van der Waals surface area contributed by atoms with Crippen LogP contribution in [-0.4, -0.2) is 22.2 Å². The Kier molecular flexibility index (Phi) is 5.38. The monoisotopic (exact) mass is 371 g/mol. The number of aryl methyl sites for hydroxylation is 2. The molecule has 0 unspecified atom stereocenters. The molecule has 0 spiro atoms. The predicted molar refractivity (Wildman–Crippen MR) is 101 cm³/mol. The van der Waals surface area contributed by atoms with Gasteiger partial charge in [0.25, 0.3) is 5.91 Å². The Labute approximate surface area is 156 Å². The van der Waals surface area contributed by atoms with Crippen molar-refractivity contribution in [2.45, 2.75) is 13.3 Å². The van der Waals surface area contributed by atoms with Crippen LogP contribution in [0.25, 0.3) is 11.3 Å². The Morgan fingerprint density at radius 1 is 1.23 bits per heavy atom. The standard InChI is InChI=1S/C20H19ClFN3O/c1-13-10-15(6-7-17(13)22)19-12-18(24-25(19)2)20(26)23-9-8-14-4-3-5-16(21)11-14/h3-7,10-12H,8-9H2,1-2H3,(H,23,26). The maximum Gasteiger partial charge on any atom is 0.271 e. The minimum Gasteiger partial charge on any atom is -0.350 e. The number of amides is 1. The first-order valence-corrected chi connectivity index (χ1v) is 8.65. The number of hydrogen-bond donors (Lipinski definition) is 1. The molecular formula is C20H19ClFN3O. The minimum absolute atomic E-state index is 0.243. The number of halogens is 2. The smallest absolute Gasteiger partial charge is 0.271 e. The molecule has 0 aliphatic heterocycles. The summed E-state index contributed by atoms with van der Waals surface area (Å²) in [6.07, 6.45) is 0.684. The van der Waals surface area contributed by atoms with Gasteiger partial charge in [0.05, 0.1) is 5.69 Å². The van der Waals surface area contributed by atoms with E-state index in [1.54, 1.807) is 36.9 Å². The van der Waals surface area contributed by atoms with Gasteiger partial charge in [-0.05, 0) is 60.9 Å².